The van der Waals surface area contributed by atoms with Crippen LogP contribution in [0.5, 0.6) is 11.5 Å². The predicted molar refractivity (Wildman–Crippen MR) is 84.6 cm³/mol. The molecular weight excluding hydrogens is 289 g/mol. The summed E-state index contributed by atoms with van der Waals surface area (Å²) in [6, 6.07) is 10.5. The fourth-order valence-corrected chi connectivity index (χ4v) is 2.04. The molecular formula is C17H19ClFNO. The van der Waals surface area contributed by atoms with Gasteiger partial charge in [-0.15, -0.1) is 0 Å². The first-order chi connectivity index (χ1) is 9.97. The second-order valence-electron chi connectivity index (χ2n) is 5.27. The van der Waals surface area contributed by atoms with Crippen LogP contribution in [0.2, 0.25) is 5.02 Å². The Hall–Kier alpha value is -1.58. The Morgan fingerprint density at radius 1 is 1.24 bits per heavy atom. The predicted octanol–water partition coefficient (Wildman–Crippen LogP) is 5.08. The Kier molecular flexibility index (Phi) is 5.21. The van der Waals surface area contributed by atoms with Gasteiger partial charge < -0.3 is 10.1 Å². The lowest BCUT2D eigenvalue weighted by Gasteiger charge is -2.14. The highest BCUT2D eigenvalue weighted by Crippen LogP contribution is 2.29. The molecule has 0 amide bonds. The molecule has 21 heavy (non-hydrogen) atoms. The first kappa shape index (κ1) is 15.8. The monoisotopic (exact) mass is 307 g/mol. The van der Waals surface area contributed by atoms with E-state index in [0.29, 0.717) is 28.6 Å². The Morgan fingerprint density at radius 3 is 2.67 bits per heavy atom. The molecule has 2 aromatic rings. The molecule has 0 unspecified atom stereocenters. The number of aryl methyl sites for hydroxylation is 1. The molecule has 0 aliphatic rings. The van der Waals surface area contributed by atoms with E-state index >= 15 is 0 Å². The molecule has 0 heterocycles. The maximum Gasteiger partial charge on any atom is 0.134 e. The third-order valence-corrected chi connectivity index (χ3v) is 3.54. The highest BCUT2D eigenvalue weighted by atomic mass is 35.5. The van der Waals surface area contributed by atoms with E-state index in [2.05, 4.69) is 5.32 Å². The Bertz CT molecular complexity index is 628. The highest BCUT2D eigenvalue weighted by molar-refractivity contribution is 6.31. The smallest absolute Gasteiger partial charge is 0.134 e. The molecule has 2 aromatic carbocycles. The molecule has 0 aliphatic carbocycles. The lowest BCUT2D eigenvalue weighted by Crippen LogP contribution is -2.22. The summed E-state index contributed by atoms with van der Waals surface area (Å²) in [7, 11) is 0. The molecule has 0 spiro atoms. The number of benzene rings is 2. The molecule has 2 nitrogen and oxygen atoms in total. The molecule has 2 rings (SSSR count). The second kappa shape index (κ2) is 6.92. The van der Waals surface area contributed by atoms with Crippen molar-refractivity contribution in [1.29, 1.82) is 0 Å². The maximum atomic E-state index is 14.0. The summed E-state index contributed by atoms with van der Waals surface area (Å²) in [5, 5.41) is 3.89. The third-order valence-electron chi connectivity index (χ3n) is 3.12. The van der Waals surface area contributed by atoms with E-state index in [0.717, 1.165) is 5.56 Å². The summed E-state index contributed by atoms with van der Waals surface area (Å²) in [5.41, 5.74) is 1.45. The van der Waals surface area contributed by atoms with Crippen LogP contribution in [0.1, 0.15) is 25.0 Å². The van der Waals surface area contributed by atoms with Crippen molar-refractivity contribution in [2.75, 3.05) is 0 Å². The van der Waals surface area contributed by atoms with Gasteiger partial charge in [0.05, 0.1) is 0 Å². The number of rotatable bonds is 5. The van der Waals surface area contributed by atoms with Crippen molar-refractivity contribution >= 4 is 11.6 Å². The number of hydrogen-bond donors (Lipinski definition) is 1. The van der Waals surface area contributed by atoms with E-state index < -0.39 is 0 Å². The molecule has 0 fully saturated rings. The molecule has 112 valence electrons. The minimum Gasteiger partial charge on any atom is -0.457 e. The van der Waals surface area contributed by atoms with Crippen LogP contribution in [0.4, 0.5) is 4.39 Å². The SMILES string of the molecule is Cc1cc(Oc2cccc(F)c2CNC(C)C)ccc1Cl. The number of ether oxygens (including phenoxy) is 1. The minimum absolute atomic E-state index is 0.272. The van der Waals surface area contributed by atoms with Crippen molar-refractivity contribution in [1.82, 2.24) is 5.32 Å². The van der Waals surface area contributed by atoms with Crippen molar-refractivity contribution < 1.29 is 9.13 Å². The van der Waals surface area contributed by atoms with Crippen molar-refractivity contribution in [3.8, 4) is 11.5 Å². The fraction of sp³-hybridized carbons (Fsp3) is 0.294. The molecule has 0 aromatic heterocycles. The molecule has 1 N–H and O–H groups in total. The van der Waals surface area contributed by atoms with Gasteiger partial charge in [0.25, 0.3) is 0 Å². The summed E-state index contributed by atoms with van der Waals surface area (Å²) in [4.78, 5) is 0. The zero-order valence-electron chi connectivity index (χ0n) is 12.4. The van der Waals surface area contributed by atoms with Gasteiger partial charge in [-0.1, -0.05) is 31.5 Å². The van der Waals surface area contributed by atoms with E-state index in [9.17, 15) is 4.39 Å². The first-order valence-corrected chi connectivity index (χ1v) is 7.30. The average molecular weight is 308 g/mol. The molecule has 4 heteroatoms. The Labute approximate surface area is 129 Å². The van der Waals surface area contributed by atoms with E-state index in [-0.39, 0.29) is 11.9 Å². The van der Waals surface area contributed by atoms with Gasteiger partial charge >= 0.3 is 0 Å². The van der Waals surface area contributed by atoms with Crippen LogP contribution in [-0.4, -0.2) is 6.04 Å². The fourth-order valence-electron chi connectivity index (χ4n) is 1.92. The standard InChI is InChI=1S/C17H19ClFNO/c1-11(2)20-10-14-16(19)5-4-6-17(14)21-13-7-8-15(18)12(3)9-13/h4-9,11,20H,10H2,1-3H3. The third kappa shape index (κ3) is 4.19. The minimum atomic E-state index is -0.272. The van der Waals surface area contributed by atoms with Crippen LogP contribution >= 0.6 is 11.6 Å². The number of nitrogens with one attached hydrogen (secondary N) is 1. The quantitative estimate of drug-likeness (QED) is 0.832. The van der Waals surface area contributed by atoms with Gasteiger partial charge in [-0.3, -0.25) is 0 Å². The van der Waals surface area contributed by atoms with Gasteiger partial charge in [0.1, 0.15) is 17.3 Å². The zero-order valence-corrected chi connectivity index (χ0v) is 13.2. The summed E-state index contributed by atoms with van der Waals surface area (Å²) < 4.78 is 19.8. The van der Waals surface area contributed by atoms with Crippen molar-refractivity contribution in [2.24, 2.45) is 0 Å². The van der Waals surface area contributed by atoms with Gasteiger partial charge in [0.15, 0.2) is 0 Å². The maximum absolute atomic E-state index is 14.0. The van der Waals surface area contributed by atoms with E-state index in [4.69, 9.17) is 16.3 Å². The van der Waals surface area contributed by atoms with Crippen molar-refractivity contribution in [2.45, 2.75) is 33.4 Å². The summed E-state index contributed by atoms with van der Waals surface area (Å²) >= 11 is 6.00. The Balaban J connectivity index is 2.26. The molecule has 0 aliphatic heterocycles. The Morgan fingerprint density at radius 2 is 2.00 bits per heavy atom. The van der Waals surface area contributed by atoms with Crippen LogP contribution in [-0.2, 0) is 6.54 Å². The van der Waals surface area contributed by atoms with E-state index in [1.54, 1.807) is 24.3 Å². The van der Waals surface area contributed by atoms with Gasteiger partial charge in [-0.05, 0) is 42.8 Å². The lowest BCUT2D eigenvalue weighted by atomic mass is 10.1. The van der Waals surface area contributed by atoms with Crippen LogP contribution < -0.4 is 10.1 Å². The van der Waals surface area contributed by atoms with Crippen LogP contribution in [0.15, 0.2) is 36.4 Å². The van der Waals surface area contributed by atoms with Crippen molar-refractivity contribution in [3.63, 3.8) is 0 Å². The largest absolute Gasteiger partial charge is 0.457 e. The summed E-state index contributed by atoms with van der Waals surface area (Å²) in [6.07, 6.45) is 0. The van der Waals surface area contributed by atoms with Gasteiger partial charge in [0, 0.05) is 23.2 Å². The van der Waals surface area contributed by atoms with Crippen LogP contribution in [0.25, 0.3) is 0 Å². The van der Waals surface area contributed by atoms with Gasteiger partial charge in [-0.2, -0.15) is 0 Å². The van der Waals surface area contributed by atoms with Crippen molar-refractivity contribution in [3.05, 3.63) is 58.4 Å². The summed E-state index contributed by atoms with van der Waals surface area (Å²) in [5.74, 6) is 0.893. The highest BCUT2D eigenvalue weighted by Gasteiger charge is 2.11. The summed E-state index contributed by atoms with van der Waals surface area (Å²) in [6.45, 7) is 6.36. The van der Waals surface area contributed by atoms with Gasteiger partial charge in [0.2, 0.25) is 0 Å². The second-order valence-corrected chi connectivity index (χ2v) is 5.67. The molecule has 0 radical (unpaired) electrons. The topological polar surface area (TPSA) is 21.3 Å². The lowest BCUT2D eigenvalue weighted by molar-refractivity contribution is 0.457. The molecule has 0 atom stereocenters. The number of halogens is 2. The first-order valence-electron chi connectivity index (χ1n) is 6.92. The zero-order chi connectivity index (χ0) is 15.4. The van der Waals surface area contributed by atoms with E-state index in [1.807, 2.05) is 26.8 Å². The normalized spacial score (nSPS) is 11.0. The van der Waals surface area contributed by atoms with Gasteiger partial charge in [-0.25, -0.2) is 4.39 Å². The molecule has 0 saturated heterocycles. The van der Waals surface area contributed by atoms with Crippen LogP contribution in [0, 0.1) is 12.7 Å². The molecule has 0 saturated carbocycles. The number of hydrogen-bond acceptors (Lipinski definition) is 2. The van der Waals surface area contributed by atoms with Crippen LogP contribution in [0.3, 0.4) is 0 Å². The van der Waals surface area contributed by atoms with E-state index in [1.165, 1.54) is 6.07 Å². The molecule has 0 bridgehead atoms. The average Bonchev–Trinajstić information content (AvgIpc) is 2.42.